The van der Waals surface area contributed by atoms with Gasteiger partial charge in [0.25, 0.3) is 17.5 Å². The van der Waals surface area contributed by atoms with Crippen molar-refractivity contribution in [3.05, 3.63) is 81.5 Å². The molecule has 0 aliphatic carbocycles. The van der Waals surface area contributed by atoms with Crippen LogP contribution in [0.3, 0.4) is 0 Å². The Bertz CT molecular complexity index is 1280. The van der Waals surface area contributed by atoms with Crippen molar-refractivity contribution in [2.24, 2.45) is 0 Å². The zero-order chi connectivity index (χ0) is 27.2. The molecule has 1 saturated heterocycles. The summed E-state index contributed by atoms with van der Waals surface area (Å²) in [5, 5.41) is 12.9. The third-order valence-electron chi connectivity index (χ3n) is 5.64. The van der Waals surface area contributed by atoms with Gasteiger partial charge >= 0.3 is 11.9 Å². The quantitative estimate of drug-likeness (QED) is 0.204. The molecule has 13 heteroatoms. The van der Waals surface area contributed by atoms with Gasteiger partial charge in [-0.05, 0) is 29.8 Å². The molecule has 2 aromatic carbocycles. The monoisotopic (exact) mass is 541 g/mol. The van der Waals surface area contributed by atoms with Crippen LogP contribution in [0.4, 0.5) is 5.69 Å². The Balaban J connectivity index is 1.43. The number of nitrogens with one attached hydrogen (secondary N) is 1. The topological polar surface area (TPSA) is 154 Å². The van der Waals surface area contributed by atoms with Crippen LogP contribution in [0.2, 0.25) is 0 Å². The molecule has 12 nitrogen and oxygen atoms in total. The predicted molar refractivity (Wildman–Crippen MR) is 134 cm³/mol. The Labute approximate surface area is 221 Å². The highest BCUT2D eigenvalue weighted by molar-refractivity contribution is 8.00. The minimum absolute atomic E-state index is 0.0482. The van der Waals surface area contributed by atoms with E-state index >= 15 is 0 Å². The minimum Gasteiger partial charge on any atom is -0.484 e. The van der Waals surface area contributed by atoms with Crippen LogP contribution in [-0.2, 0) is 35.3 Å². The molecule has 2 heterocycles. The third-order valence-corrected chi connectivity index (χ3v) is 6.98. The van der Waals surface area contributed by atoms with Gasteiger partial charge in [0.1, 0.15) is 36.1 Å². The molecular weight excluding hydrogens is 518 g/mol. The van der Waals surface area contributed by atoms with E-state index in [4.69, 9.17) is 14.2 Å². The molecule has 198 valence electrons. The molecule has 4 rings (SSSR count). The number of ether oxygens (including phenoxy) is 3. The smallest absolute Gasteiger partial charge is 0.355 e. The van der Waals surface area contributed by atoms with Gasteiger partial charge in [0.15, 0.2) is 6.61 Å². The number of hydrogen-bond acceptors (Lipinski definition) is 10. The molecule has 1 unspecified atom stereocenters. The third kappa shape index (κ3) is 6.11. The number of thioether (sulfide) groups is 1. The maximum atomic E-state index is 13.1. The molecule has 2 aliphatic rings. The summed E-state index contributed by atoms with van der Waals surface area (Å²) in [6, 6.07) is 13.4. The van der Waals surface area contributed by atoms with Gasteiger partial charge in [-0.15, -0.1) is 11.8 Å². The Morgan fingerprint density at radius 2 is 1.79 bits per heavy atom. The number of carbonyl (C=O) groups excluding carboxylic acids is 4. The molecule has 2 aliphatic heterocycles. The van der Waals surface area contributed by atoms with Crippen molar-refractivity contribution in [3.63, 3.8) is 0 Å². The lowest BCUT2D eigenvalue weighted by Crippen LogP contribution is -2.71. The standard InChI is InChI=1S/C25H23N3O9S/c1-15(29)35-12-17-14-38-24-21(26-20(30)13-36-19-5-3-2-4-6-19)23(31)27(24)22(17)25(32)37-11-16-7-9-18(10-8-16)28(33)34/h2-10,21,24H,11-14H2,1H3,(H,26,30)/t21?,24-/m0/s1. The number of β-lactam (4-membered cyclic amide) rings is 1. The average Bonchev–Trinajstić information content (AvgIpc) is 2.92. The number of esters is 2. The lowest BCUT2D eigenvalue weighted by molar-refractivity contribution is -0.384. The van der Waals surface area contributed by atoms with Crippen LogP contribution in [-0.4, -0.2) is 64.0 Å². The van der Waals surface area contributed by atoms with Crippen molar-refractivity contribution in [2.45, 2.75) is 24.9 Å². The van der Waals surface area contributed by atoms with E-state index < -0.39 is 40.1 Å². The molecule has 1 fully saturated rings. The van der Waals surface area contributed by atoms with E-state index in [-0.39, 0.29) is 37.0 Å². The van der Waals surface area contributed by atoms with Crippen molar-refractivity contribution < 1.29 is 38.3 Å². The molecular formula is C25H23N3O9S. The fourth-order valence-electron chi connectivity index (χ4n) is 3.78. The van der Waals surface area contributed by atoms with E-state index in [2.05, 4.69) is 5.32 Å². The van der Waals surface area contributed by atoms with Crippen LogP contribution in [0.5, 0.6) is 5.75 Å². The maximum absolute atomic E-state index is 13.1. The van der Waals surface area contributed by atoms with Gasteiger partial charge in [0.05, 0.1) is 4.92 Å². The Morgan fingerprint density at radius 3 is 2.45 bits per heavy atom. The van der Waals surface area contributed by atoms with Gasteiger partial charge in [-0.1, -0.05) is 18.2 Å². The van der Waals surface area contributed by atoms with Crippen LogP contribution in [0, 0.1) is 10.1 Å². The van der Waals surface area contributed by atoms with Crippen molar-refractivity contribution in [1.29, 1.82) is 0 Å². The van der Waals surface area contributed by atoms with E-state index in [1.165, 1.54) is 47.9 Å². The zero-order valence-corrected chi connectivity index (χ0v) is 21.0. The summed E-state index contributed by atoms with van der Waals surface area (Å²) in [4.78, 5) is 61.4. The number of non-ortho nitro benzene ring substituents is 1. The fourth-order valence-corrected chi connectivity index (χ4v) is 5.11. The second-order valence-corrected chi connectivity index (χ2v) is 9.39. The summed E-state index contributed by atoms with van der Waals surface area (Å²) in [6.45, 7) is 0.535. The Morgan fingerprint density at radius 1 is 1.08 bits per heavy atom. The summed E-state index contributed by atoms with van der Waals surface area (Å²) in [7, 11) is 0. The highest BCUT2D eigenvalue weighted by atomic mass is 32.2. The largest absolute Gasteiger partial charge is 0.484 e. The molecule has 1 N–H and O–H groups in total. The summed E-state index contributed by atoms with van der Waals surface area (Å²) < 4.78 is 15.9. The molecule has 0 radical (unpaired) electrons. The number of nitro benzene ring substituents is 1. The van der Waals surface area contributed by atoms with E-state index in [1.54, 1.807) is 24.3 Å². The molecule has 2 atom stereocenters. The first-order chi connectivity index (χ1) is 18.2. The summed E-state index contributed by atoms with van der Waals surface area (Å²) >= 11 is 1.31. The van der Waals surface area contributed by atoms with E-state index in [0.717, 1.165) is 0 Å². The van der Waals surface area contributed by atoms with Gasteiger partial charge < -0.3 is 19.5 Å². The molecule has 2 aromatic rings. The van der Waals surface area contributed by atoms with Gasteiger partial charge in [0, 0.05) is 30.4 Å². The lowest BCUT2D eigenvalue weighted by atomic mass is 10.0. The van der Waals surface area contributed by atoms with Gasteiger partial charge in [-0.3, -0.25) is 29.4 Å². The first-order valence-electron chi connectivity index (χ1n) is 11.4. The first-order valence-corrected chi connectivity index (χ1v) is 12.5. The van der Waals surface area contributed by atoms with Gasteiger partial charge in [-0.2, -0.15) is 0 Å². The van der Waals surface area contributed by atoms with Crippen LogP contribution in [0.15, 0.2) is 65.9 Å². The minimum atomic E-state index is -0.875. The molecule has 2 amide bonds. The zero-order valence-electron chi connectivity index (χ0n) is 20.2. The number of amides is 2. The summed E-state index contributed by atoms with van der Waals surface area (Å²) in [6.07, 6.45) is 0. The van der Waals surface area contributed by atoms with Crippen LogP contribution < -0.4 is 10.1 Å². The number of carbonyl (C=O) groups is 4. The van der Waals surface area contributed by atoms with Gasteiger partial charge in [-0.25, -0.2) is 4.79 Å². The number of para-hydroxylation sites is 1. The molecule has 38 heavy (non-hydrogen) atoms. The number of fused-ring (bicyclic) bond motifs is 1. The van der Waals surface area contributed by atoms with Crippen LogP contribution in [0.1, 0.15) is 12.5 Å². The fraction of sp³-hybridized carbons (Fsp3) is 0.280. The predicted octanol–water partition coefficient (Wildman–Crippen LogP) is 1.93. The Hall–Kier alpha value is -4.39. The second-order valence-electron chi connectivity index (χ2n) is 8.29. The highest BCUT2D eigenvalue weighted by Crippen LogP contribution is 2.40. The van der Waals surface area contributed by atoms with E-state index in [1.807, 2.05) is 6.07 Å². The van der Waals surface area contributed by atoms with Crippen molar-refractivity contribution in [1.82, 2.24) is 10.2 Å². The van der Waals surface area contributed by atoms with E-state index in [9.17, 15) is 29.3 Å². The number of nitrogens with zero attached hydrogens (tertiary/aromatic N) is 2. The lowest BCUT2D eigenvalue weighted by Gasteiger charge is -2.49. The summed E-state index contributed by atoms with van der Waals surface area (Å²) in [5.74, 6) is -1.62. The molecule has 0 aromatic heterocycles. The normalized spacial score (nSPS) is 18.1. The number of nitro groups is 1. The van der Waals surface area contributed by atoms with Gasteiger partial charge in [0.2, 0.25) is 0 Å². The van der Waals surface area contributed by atoms with Crippen molar-refractivity contribution in [2.75, 3.05) is 19.0 Å². The van der Waals surface area contributed by atoms with E-state index in [0.29, 0.717) is 16.9 Å². The highest BCUT2D eigenvalue weighted by Gasteiger charge is 2.54. The van der Waals surface area contributed by atoms with Crippen molar-refractivity contribution >= 4 is 41.2 Å². The number of rotatable bonds is 10. The van der Waals surface area contributed by atoms with Crippen molar-refractivity contribution in [3.8, 4) is 5.75 Å². The Kier molecular flexibility index (Phi) is 8.26. The molecule has 0 spiro atoms. The second kappa shape index (κ2) is 11.8. The maximum Gasteiger partial charge on any atom is 0.355 e. The van der Waals surface area contributed by atoms with Crippen LogP contribution in [0.25, 0.3) is 0 Å². The van der Waals surface area contributed by atoms with Crippen LogP contribution >= 0.6 is 11.8 Å². The average molecular weight is 542 g/mol. The SMILES string of the molecule is CC(=O)OCC1=C(C(=O)OCc2ccc([N+](=O)[O-])cc2)N2C(=O)C(NC(=O)COc3ccccc3)[C@@H]2SC1. The number of benzene rings is 2. The molecule has 0 saturated carbocycles. The number of hydrogen-bond donors (Lipinski definition) is 1. The molecule has 0 bridgehead atoms. The first kappa shape index (κ1) is 26.7. The summed E-state index contributed by atoms with van der Waals surface area (Å²) in [5.41, 5.74) is 0.743.